The Labute approximate surface area is 101 Å². The topological polar surface area (TPSA) is 35.2 Å². The van der Waals surface area contributed by atoms with Gasteiger partial charge in [-0.05, 0) is 17.7 Å². The first kappa shape index (κ1) is 12.6. The molecule has 0 bridgehead atoms. The van der Waals surface area contributed by atoms with E-state index in [2.05, 4.69) is 36.6 Å². The molecule has 0 spiro atoms. The number of alkyl halides is 4. The number of hydrogen-bond donors (Lipinski definition) is 1. The molecule has 0 radical (unpaired) electrons. The first-order valence-corrected chi connectivity index (χ1v) is 5.64. The molecule has 0 aromatic heterocycles. The van der Waals surface area contributed by atoms with Crippen LogP contribution in [0, 0.1) is 0 Å². The SMILES string of the molecule is Nc1c(CBr)cc(Br)cc1OC(F)(F)F. The van der Waals surface area contributed by atoms with Crippen LogP contribution in [-0.4, -0.2) is 6.36 Å². The van der Waals surface area contributed by atoms with Gasteiger partial charge in [-0.15, -0.1) is 13.2 Å². The van der Waals surface area contributed by atoms with E-state index in [1.54, 1.807) is 6.07 Å². The van der Waals surface area contributed by atoms with Gasteiger partial charge >= 0.3 is 6.36 Å². The summed E-state index contributed by atoms with van der Waals surface area (Å²) in [5.41, 5.74) is 6.00. The number of anilines is 1. The minimum Gasteiger partial charge on any atom is -0.404 e. The van der Waals surface area contributed by atoms with Gasteiger partial charge in [0.15, 0.2) is 5.75 Å². The van der Waals surface area contributed by atoms with Crippen LogP contribution in [0.2, 0.25) is 0 Å². The van der Waals surface area contributed by atoms with E-state index in [1.165, 1.54) is 6.07 Å². The Morgan fingerprint density at radius 3 is 2.40 bits per heavy atom. The number of rotatable bonds is 2. The summed E-state index contributed by atoms with van der Waals surface area (Å²) in [4.78, 5) is 0. The van der Waals surface area contributed by atoms with Crippen LogP contribution in [0.3, 0.4) is 0 Å². The van der Waals surface area contributed by atoms with Gasteiger partial charge < -0.3 is 10.5 Å². The van der Waals surface area contributed by atoms with Crippen molar-refractivity contribution in [1.82, 2.24) is 0 Å². The Morgan fingerprint density at radius 1 is 1.33 bits per heavy atom. The largest absolute Gasteiger partial charge is 0.573 e. The standard InChI is InChI=1S/C8H6Br2F3NO/c9-3-4-1-5(10)2-6(7(4)14)15-8(11,12)13/h1-2H,3,14H2. The maximum atomic E-state index is 12.0. The van der Waals surface area contributed by atoms with E-state index in [1.807, 2.05) is 0 Å². The van der Waals surface area contributed by atoms with E-state index >= 15 is 0 Å². The highest BCUT2D eigenvalue weighted by Gasteiger charge is 2.32. The van der Waals surface area contributed by atoms with E-state index in [0.29, 0.717) is 15.4 Å². The monoisotopic (exact) mass is 347 g/mol. The summed E-state index contributed by atoms with van der Waals surface area (Å²) < 4.78 is 40.2. The zero-order valence-electron chi connectivity index (χ0n) is 7.24. The van der Waals surface area contributed by atoms with Gasteiger partial charge in [-0.25, -0.2) is 0 Å². The second-order valence-electron chi connectivity index (χ2n) is 2.66. The lowest BCUT2D eigenvalue weighted by Crippen LogP contribution is -2.18. The van der Waals surface area contributed by atoms with Gasteiger partial charge in [0.25, 0.3) is 0 Å². The third-order valence-electron chi connectivity index (χ3n) is 1.56. The Morgan fingerprint density at radius 2 is 1.93 bits per heavy atom. The third kappa shape index (κ3) is 3.57. The fourth-order valence-electron chi connectivity index (χ4n) is 0.967. The molecule has 2 N–H and O–H groups in total. The second kappa shape index (κ2) is 4.61. The Balaban J connectivity index is 3.12. The number of hydrogen-bond acceptors (Lipinski definition) is 2. The van der Waals surface area contributed by atoms with Gasteiger partial charge in [0, 0.05) is 9.80 Å². The first-order chi connectivity index (χ1) is 6.83. The van der Waals surface area contributed by atoms with Crippen molar-refractivity contribution in [2.24, 2.45) is 0 Å². The van der Waals surface area contributed by atoms with Crippen LogP contribution in [0.4, 0.5) is 18.9 Å². The molecule has 0 aliphatic heterocycles. The molecule has 0 atom stereocenters. The van der Waals surface area contributed by atoms with Crippen molar-refractivity contribution < 1.29 is 17.9 Å². The van der Waals surface area contributed by atoms with Crippen molar-refractivity contribution in [3.63, 3.8) is 0 Å². The van der Waals surface area contributed by atoms with Crippen molar-refractivity contribution >= 4 is 37.5 Å². The summed E-state index contributed by atoms with van der Waals surface area (Å²) in [7, 11) is 0. The number of nitrogen functional groups attached to an aromatic ring is 1. The van der Waals surface area contributed by atoms with Crippen molar-refractivity contribution in [2.45, 2.75) is 11.7 Å². The molecule has 1 aromatic rings. The van der Waals surface area contributed by atoms with Crippen LogP contribution >= 0.6 is 31.9 Å². The summed E-state index contributed by atoms with van der Waals surface area (Å²) in [6, 6.07) is 2.79. The van der Waals surface area contributed by atoms with Crippen molar-refractivity contribution in [2.75, 3.05) is 5.73 Å². The number of ether oxygens (including phenoxy) is 1. The van der Waals surface area contributed by atoms with E-state index in [-0.39, 0.29) is 5.69 Å². The van der Waals surface area contributed by atoms with Gasteiger partial charge in [0.2, 0.25) is 0 Å². The molecule has 0 fully saturated rings. The summed E-state index contributed by atoms with van der Waals surface area (Å²) in [6.07, 6.45) is -4.74. The van der Waals surface area contributed by atoms with Crippen LogP contribution in [0.1, 0.15) is 5.56 Å². The average molecular weight is 349 g/mol. The minimum absolute atomic E-state index is 0.0209. The summed E-state index contributed by atoms with van der Waals surface area (Å²) in [6.45, 7) is 0. The number of benzene rings is 1. The molecule has 7 heteroatoms. The Bertz CT molecular complexity index is 368. The number of halogens is 5. The normalized spacial score (nSPS) is 11.5. The molecule has 15 heavy (non-hydrogen) atoms. The smallest absolute Gasteiger partial charge is 0.404 e. The molecule has 1 aromatic carbocycles. The highest BCUT2D eigenvalue weighted by molar-refractivity contribution is 9.10. The van der Waals surface area contributed by atoms with Crippen LogP contribution in [0.25, 0.3) is 0 Å². The molecule has 0 saturated carbocycles. The van der Waals surface area contributed by atoms with Crippen LogP contribution in [-0.2, 0) is 5.33 Å². The summed E-state index contributed by atoms with van der Waals surface area (Å²) in [5, 5.41) is 0.354. The predicted octanol–water partition coefficient (Wildman–Crippen LogP) is 3.82. The maximum absolute atomic E-state index is 12.0. The van der Waals surface area contributed by atoms with Gasteiger partial charge in [0.05, 0.1) is 5.69 Å². The molecular weight excluding hydrogens is 343 g/mol. The van der Waals surface area contributed by atoms with Crippen molar-refractivity contribution in [1.29, 1.82) is 0 Å². The van der Waals surface area contributed by atoms with Crippen molar-refractivity contribution in [3.05, 3.63) is 22.2 Å². The summed E-state index contributed by atoms with van der Waals surface area (Å²) in [5.74, 6) is -0.397. The maximum Gasteiger partial charge on any atom is 0.573 e. The van der Waals surface area contributed by atoms with E-state index in [4.69, 9.17) is 5.73 Å². The van der Waals surface area contributed by atoms with Crippen LogP contribution in [0.5, 0.6) is 5.75 Å². The molecule has 0 heterocycles. The first-order valence-electron chi connectivity index (χ1n) is 3.73. The molecule has 2 nitrogen and oxygen atoms in total. The molecule has 0 amide bonds. The quantitative estimate of drug-likeness (QED) is 0.651. The highest BCUT2D eigenvalue weighted by Crippen LogP contribution is 2.34. The van der Waals surface area contributed by atoms with E-state index < -0.39 is 12.1 Å². The zero-order valence-corrected chi connectivity index (χ0v) is 10.4. The molecule has 0 aliphatic carbocycles. The fraction of sp³-hybridized carbons (Fsp3) is 0.250. The molecule has 0 aliphatic rings. The molecule has 0 unspecified atom stereocenters. The number of nitrogens with two attached hydrogens (primary N) is 1. The lowest BCUT2D eigenvalue weighted by molar-refractivity contribution is -0.274. The van der Waals surface area contributed by atoms with Crippen molar-refractivity contribution in [3.8, 4) is 5.75 Å². The van der Waals surface area contributed by atoms with E-state index in [9.17, 15) is 13.2 Å². The minimum atomic E-state index is -4.74. The van der Waals surface area contributed by atoms with Gasteiger partial charge in [-0.3, -0.25) is 0 Å². The van der Waals surface area contributed by atoms with Gasteiger partial charge in [-0.1, -0.05) is 31.9 Å². The van der Waals surface area contributed by atoms with E-state index in [0.717, 1.165) is 0 Å². The lowest BCUT2D eigenvalue weighted by Gasteiger charge is -2.13. The molecule has 1 rings (SSSR count). The molecule has 84 valence electrons. The lowest BCUT2D eigenvalue weighted by atomic mass is 10.2. The average Bonchev–Trinajstić information content (AvgIpc) is 2.08. The highest BCUT2D eigenvalue weighted by atomic mass is 79.9. The molecule has 0 saturated heterocycles. The predicted molar refractivity (Wildman–Crippen MR) is 57.9 cm³/mol. The third-order valence-corrected chi connectivity index (χ3v) is 2.62. The fourth-order valence-corrected chi connectivity index (χ4v) is 1.91. The zero-order chi connectivity index (χ0) is 11.6. The second-order valence-corrected chi connectivity index (χ2v) is 4.13. The van der Waals surface area contributed by atoms with Gasteiger partial charge in [0.1, 0.15) is 0 Å². The summed E-state index contributed by atoms with van der Waals surface area (Å²) >= 11 is 6.19. The van der Waals surface area contributed by atoms with Crippen LogP contribution < -0.4 is 10.5 Å². The van der Waals surface area contributed by atoms with Gasteiger partial charge in [-0.2, -0.15) is 0 Å². The Hall–Kier alpha value is -0.430. The Kier molecular flexibility index (Phi) is 3.88. The molecular formula is C8H6Br2F3NO. The van der Waals surface area contributed by atoms with Crippen LogP contribution in [0.15, 0.2) is 16.6 Å².